The van der Waals surface area contributed by atoms with Crippen molar-refractivity contribution in [3.63, 3.8) is 0 Å². The predicted molar refractivity (Wildman–Crippen MR) is 116 cm³/mol. The molecule has 0 saturated heterocycles. The van der Waals surface area contributed by atoms with Gasteiger partial charge in [0.15, 0.2) is 5.96 Å². The van der Waals surface area contributed by atoms with E-state index < -0.39 is 0 Å². The summed E-state index contributed by atoms with van der Waals surface area (Å²) < 4.78 is 5.64. The SMILES string of the molecule is CCNC(=NCc1ccc(C(=O)NC)cc1)NCCCOCC1CC1.I. The molecular formula is C19H31IN4O2. The molecule has 1 saturated carbocycles. The van der Waals surface area contributed by atoms with Crippen molar-refractivity contribution >= 4 is 35.8 Å². The fourth-order valence-corrected chi connectivity index (χ4v) is 2.33. The summed E-state index contributed by atoms with van der Waals surface area (Å²) in [5, 5.41) is 9.19. The van der Waals surface area contributed by atoms with Crippen molar-refractivity contribution in [2.45, 2.75) is 32.7 Å². The molecule has 3 N–H and O–H groups in total. The molecule has 1 aliphatic carbocycles. The van der Waals surface area contributed by atoms with Gasteiger partial charge in [-0.15, -0.1) is 24.0 Å². The first-order valence-electron chi connectivity index (χ1n) is 9.14. The van der Waals surface area contributed by atoms with Crippen molar-refractivity contribution < 1.29 is 9.53 Å². The number of hydrogen-bond donors (Lipinski definition) is 3. The molecule has 1 aliphatic rings. The first-order chi connectivity index (χ1) is 12.2. The summed E-state index contributed by atoms with van der Waals surface area (Å²) in [5.41, 5.74) is 1.73. The van der Waals surface area contributed by atoms with Crippen LogP contribution in [0.2, 0.25) is 0 Å². The minimum atomic E-state index is -0.0750. The summed E-state index contributed by atoms with van der Waals surface area (Å²) in [6.45, 7) is 5.99. The van der Waals surface area contributed by atoms with E-state index in [0.29, 0.717) is 12.1 Å². The van der Waals surface area contributed by atoms with Gasteiger partial charge in [-0.25, -0.2) is 4.99 Å². The lowest BCUT2D eigenvalue weighted by molar-refractivity contribution is 0.0963. The van der Waals surface area contributed by atoms with Crippen LogP contribution in [0.25, 0.3) is 0 Å². The second-order valence-electron chi connectivity index (χ2n) is 6.27. The first-order valence-corrected chi connectivity index (χ1v) is 9.14. The van der Waals surface area contributed by atoms with E-state index in [1.165, 1.54) is 12.8 Å². The number of guanidine groups is 1. The number of ether oxygens (including phenoxy) is 1. The maximum absolute atomic E-state index is 11.5. The molecule has 6 nitrogen and oxygen atoms in total. The number of nitrogens with one attached hydrogen (secondary N) is 3. The normalized spacial score (nSPS) is 13.7. The minimum absolute atomic E-state index is 0. The average Bonchev–Trinajstić information content (AvgIpc) is 3.46. The molecule has 1 amide bonds. The van der Waals surface area contributed by atoms with E-state index in [1.807, 2.05) is 31.2 Å². The third kappa shape index (κ3) is 8.84. The van der Waals surface area contributed by atoms with Crippen LogP contribution in [0.5, 0.6) is 0 Å². The largest absolute Gasteiger partial charge is 0.381 e. The summed E-state index contributed by atoms with van der Waals surface area (Å²) in [7, 11) is 1.63. The molecule has 0 heterocycles. The average molecular weight is 474 g/mol. The van der Waals surface area contributed by atoms with Crippen molar-refractivity contribution in [2.75, 3.05) is 33.4 Å². The lowest BCUT2D eigenvalue weighted by atomic mass is 10.1. The fourth-order valence-electron chi connectivity index (χ4n) is 2.33. The van der Waals surface area contributed by atoms with Gasteiger partial charge in [-0.2, -0.15) is 0 Å². The van der Waals surface area contributed by atoms with Crippen molar-refractivity contribution in [3.8, 4) is 0 Å². The third-order valence-corrected chi connectivity index (χ3v) is 4.02. The van der Waals surface area contributed by atoms with Gasteiger partial charge in [0, 0.05) is 38.9 Å². The molecule has 1 fully saturated rings. The quantitative estimate of drug-likeness (QED) is 0.211. The molecule has 0 aliphatic heterocycles. The Kier molecular flexibility index (Phi) is 11.3. The summed E-state index contributed by atoms with van der Waals surface area (Å²) in [4.78, 5) is 16.1. The van der Waals surface area contributed by atoms with Crippen LogP contribution in [0, 0.1) is 5.92 Å². The molecule has 0 unspecified atom stereocenters. The zero-order valence-corrected chi connectivity index (χ0v) is 18.0. The van der Waals surface area contributed by atoms with E-state index in [0.717, 1.165) is 50.2 Å². The summed E-state index contributed by atoms with van der Waals surface area (Å²) in [6.07, 6.45) is 3.64. The topological polar surface area (TPSA) is 74.8 Å². The van der Waals surface area contributed by atoms with Gasteiger partial charge in [-0.3, -0.25) is 4.79 Å². The molecule has 0 spiro atoms. The number of carbonyl (C=O) groups excluding carboxylic acids is 1. The Morgan fingerprint density at radius 3 is 2.58 bits per heavy atom. The van der Waals surface area contributed by atoms with Crippen molar-refractivity contribution in [1.29, 1.82) is 0 Å². The molecule has 1 aromatic carbocycles. The Hall–Kier alpha value is -1.35. The zero-order chi connectivity index (χ0) is 17.9. The molecule has 1 aromatic rings. The van der Waals surface area contributed by atoms with Gasteiger partial charge < -0.3 is 20.7 Å². The Balaban J connectivity index is 0.00000338. The summed E-state index contributed by atoms with van der Waals surface area (Å²) in [5.74, 6) is 1.55. The minimum Gasteiger partial charge on any atom is -0.381 e. The van der Waals surface area contributed by atoms with Crippen LogP contribution in [0.4, 0.5) is 0 Å². The van der Waals surface area contributed by atoms with Crippen LogP contribution in [-0.4, -0.2) is 45.2 Å². The maximum atomic E-state index is 11.5. The van der Waals surface area contributed by atoms with E-state index in [-0.39, 0.29) is 29.9 Å². The molecule has 2 rings (SSSR count). The van der Waals surface area contributed by atoms with Crippen molar-refractivity contribution in [2.24, 2.45) is 10.9 Å². The predicted octanol–water partition coefficient (Wildman–Crippen LogP) is 2.54. The second kappa shape index (κ2) is 12.9. The van der Waals surface area contributed by atoms with Gasteiger partial charge in [0.2, 0.25) is 0 Å². The van der Waals surface area contributed by atoms with Gasteiger partial charge in [-0.1, -0.05) is 12.1 Å². The second-order valence-corrected chi connectivity index (χ2v) is 6.27. The third-order valence-electron chi connectivity index (χ3n) is 4.02. The Morgan fingerprint density at radius 2 is 1.96 bits per heavy atom. The van der Waals surface area contributed by atoms with Crippen LogP contribution in [-0.2, 0) is 11.3 Å². The first kappa shape index (κ1) is 22.7. The van der Waals surface area contributed by atoms with Gasteiger partial charge in [0.1, 0.15) is 0 Å². The molecular weight excluding hydrogens is 443 g/mol. The molecule has 0 radical (unpaired) electrons. The van der Waals surface area contributed by atoms with Crippen molar-refractivity contribution in [3.05, 3.63) is 35.4 Å². The monoisotopic (exact) mass is 474 g/mol. The van der Waals surface area contributed by atoms with E-state index in [9.17, 15) is 4.79 Å². The Labute approximate surface area is 173 Å². The Bertz CT molecular complexity index is 559. The molecule has 7 heteroatoms. The number of amides is 1. The molecule has 0 atom stereocenters. The number of hydrogen-bond acceptors (Lipinski definition) is 3. The fraction of sp³-hybridized carbons (Fsp3) is 0.579. The van der Waals surface area contributed by atoms with Crippen LogP contribution in [0.3, 0.4) is 0 Å². The highest BCUT2D eigenvalue weighted by Gasteiger charge is 2.20. The van der Waals surface area contributed by atoms with E-state index >= 15 is 0 Å². The standard InChI is InChI=1S/C19H30N4O2.HI/c1-3-21-19(22-11-4-12-25-14-16-5-6-16)23-13-15-7-9-17(10-8-15)18(24)20-2;/h7-10,16H,3-6,11-14H2,1-2H3,(H,20,24)(H2,21,22,23);1H. The van der Waals surface area contributed by atoms with Crippen molar-refractivity contribution in [1.82, 2.24) is 16.0 Å². The Morgan fingerprint density at radius 1 is 1.23 bits per heavy atom. The summed E-state index contributed by atoms with van der Waals surface area (Å²) in [6, 6.07) is 7.51. The number of nitrogens with zero attached hydrogens (tertiary/aromatic N) is 1. The van der Waals surface area contributed by atoms with Gasteiger partial charge in [0.05, 0.1) is 6.54 Å². The van der Waals surface area contributed by atoms with Gasteiger partial charge in [-0.05, 0) is 49.8 Å². The van der Waals surface area contributed by atoms with E-state index in [1.54, 1.807) is 7.05 Å². The number of rotatable bonds is 10. The van der Waals surface area contributed by atoms with Gasteiger partial charge >= 0.3 is 0 Å². The number of aliphatic imine (C=N–C) groups is 1. The highest BCUT2D eigenvalue weighted by molar-refractivity contribution is 14.0. The van der Waals surface area contributed by atoms with Crippen LogP contribution >= 0.6 is 24.0 Å². The molecule has 146 valence electrons. The number of halogens is 1. The van der Waals surface area contributed by atoms with Crippen LogP contribution < -0.4 is 16.0 Å². The van der Waals surface area contributed by atoms with Gasteiger partial charge in [0.25, 0.3) is 5.91 Å². The van der Waals surface area contributed by atoms with E-state index in [2.05, 4.69) is 20.9 Å². The van der Waals surface area contributed by atoms with E-state index in [4.69, 9.17) is 4.74 Å². The summed E-state index contributed by atoms with van der Waals surface area (Å²) >= 11 is 0. The highest BCUT2D eigenvalue weighted by Crippen LogP contribution is 2.28. The molecule has 0 bridgehead atoms. The van der Waals surface area contributed by atoms with Crippen LogP contribution in [0.1, 0.15) is 42.1 Å². The zero-order valence-electron chi connectivity index (χ0n) is 15.7. The maximum Gasteiger partial charge on any atom is 0.251 e. The smallest absolute Gasteiger partial charge is 0.251 e. The molecule has 0 aromatic heterocycles. The highest BCUT2D eigenvalue weighted by atomic mass is 127. The van der Waals surface area contributed by atoms with Crippen LogP contribution in [0.15, 0.2) is 29.3 Å². The number of carbonyl (C=O) groups is 1. The lowest BCUT2D eigenvalue weighted by Crippen LogP contribution is -2.38. The number of benzene rings is 1. The molecule has 26 heavy (non-hydrogen) atoms. The lowest BCUT2D eigenvalue weighted by Gasteiger charge is -2.11.